The van der Waals surface area contributed by atoms with E-state index in [-0.39, 0.29) is 24.7 Å². The van der Waals surface area contributed by atoms with Crippen LogP contribution in [0.15, 0.2) is 24.5 Å². The average molecular weight is 308 g/mol. The van der Waals surface area contributed by atoms with Crippen molar-refractivity contribution in [3.63, 3.8) is 0 Å². The van der Waals surface area contributed by atoms with E-state index in [1.807, 2.05) is 38.1 Å². The van der Waals surface area contributed by atoms with Crippen molar-refractivity contribution in [2.45, 2.75) is 26.8 Å². The van der Waals surface area contributed by atoms with Crippen molar-refractivity contribution in [1.82, 2.24) is 14.8 Å². The zero-order valence-electron chi connectivity index (χ0n) is 13.0. The molecular weight excluding hydrogens is 292 g/mol. The maximum absolute atomic E-state index is 12.6. The summed E-state index contributed by atoms with van der Waals surface area (Å²) in [7, 11) is 0. The van der Waals surface area contributed by atoms with Crippen LogP contribution in [-0.2, 0) is 11.3 Å². The number of anilines is 1. The molecule has 1 aromatic heterocycles. The Kier molecular flexibility index (Phi) is 5.06. The summed E-state index contributed by atoms with van der Waals surface area (Å²) in [6, 6.07) is 9.71. The van der Waals surface area contributed by atoms with Crippen molar-refractivity contribution in [3.05, 3.63) is 41.5 Å². The number of amides is 1. The Labute approximate surface area is 134 Å². The molecule has 2 rings (SSSR count). The van der Waals surface area contributed by atoms with E-state index >= 15 is 0 Å². The molecule has 1 heterocycles. The number of nitrogens with zero attached hydrogens (tertiary/aromatic N) is 6. The number of rotatable bonds is 5. The number of aromatic nitrogens is 3. The number of hydrogen-bond acceptors (Lipinski definition) is 5. The molecule has 116 valence electrons. The number of carbonyl (C=O) groups is 1. The van der Waals surface area contributed by atoms with Crippen molar-refractivity contribution < 1.29 is 4.79 Å². The van der Waals surface area contributed by atoms with Crippen LogP contribution in [0.5, 0.6) is 0 Å². The van der Waals surface area contributed by atoms with Gasteiger partial charge in [-0.2, -0.15) is 10.5 Å². The van der Waals surface area contributed by atoms with Crippen molar-refractivity contribution >= 4 is 11.6 Å². The lowest BCUT2D eigenvalue weighted by Crippen LogP contribution is -2.35. The highest BCUT2D eigenvalue weighted by atomic mass is 16.2. The minimum absolute atomic E-state index is 0.0211. The Morgan fingerprint density at radius 3 is 2.52 bits per heavy atom. The van der Waals surface area contributed by atoms with Gasteiger partial charge in [-0.05, 0) is 37.1 Å². The predicted molar refractivity (Wildman–Crippen MR) is 83.2 cm³/mol. The standard InChI is InChI=1S/C16H16N6O/c1-12-6-13(2)8-14(7-12)22(5-3-4-17)16(23)10-21-11-19-15(9-18)20-21/h6-8,11H,3,5,10H2,1-2H3. The summed E-state index contributed by atoms with van der Waals surface area (Å²) in [5.74, 6) is -0.188. The molecule has 0 bridgehead atoms. The molecule has 23 heavy (non-hydrogen) atoms. The fourth-order valence-electron chi connectivity index (χ4n) is 2.31. The summed E-state index contributed by atoms with van der Waals surface area (Å²) in [6.45, 7) is 4.19. The fraction of sp³-hybridized carbons (Fsp3) is 0.312. The van der Waals surface area contributed by atoms with Crippen LogP contribution in [0.2, 0.25) is 0 Å². The molecule has 0 fully saturated rings. The number of carbonyl (C=O) groups excluding carboxylic acids is 1. The van der Waals surface area contributed by atoms with Crippen LogP contribution >= 0.6 is 0 Å². The van der Waals surface area contributed by atoms with Crippen molar-refractivity contribution in [2.75, 3.05) is 11.4 Å². The molecule has 1 aromatic carbocycles. The van der Waals surface area contributed by atoms with Gasteiger partial charge in [-0.1, -0.05) is 6.07 Å². The molecule has 0 aliphatic carbocycles. The lowest BCUT2D eigenvalue weighted by molar-refractivity contribution is -0.119. The van der Waals surface area contributed by atoms with Crippen molar-refractivity contribution in [1.29, 1.82) is 10.5 Å². The third-order valence-corrected chi connectivity index (χ3v) is 3.20. The van der Waals surface area contributed by atoms with Gasteiger partial charge in [0.1, 0.15) is 18.9 Å². The summed E-state index contributed by atoms with van der Waals surface area (Å²) in [5.41, 5.74) is 2.84. The first-order valence-electron chi connectivity index (χ1n) is 7.08. The van der Waals surface area contributed by atoms with E-state index in [9.17, 15) is 4.79 Å². The van der Waals surface area contributed by atoms with E-state index in [0.29, 0.717) is 6.54 Å². The number of hydrogen-bond donors (Lipinski definition) is 0. The second-order valence-electron chi connectivity index (χ2n) is 5.18. The summed E-state index contributed by atoms with van der Waals surface area (Å²) >= 11 is 0. The van der Waals surface area contributed by atoms with Crippen molar-refractivity contribution in [3.8, 4) is 12.1 Å². The zero-order valence-corrected chi connectivity index (χ0v) is 13.0. The van der Waals surface area contributed by atoms with E-state index < -0.39 is 0 Å². The quantitative estimate of drug-likeness (QED) is 0.837. The van der Waals surface area contributed by atoms with E-state index in [2.05, 4.69) is 16.2 Å². The molecule has 7 nitrogen and oxygen atoms in total. The molecule has 0 spiro atoms. The highest BCUT2D eigenvalue weighted by Gasteiger charge is 2.17. The number of aryl methyl sites for hydroxylation is 2. The smallest absolute Gasteiger partial charge is 0.252 e. The Morgan fingerprint density at radius 1 is 1.26 bits per heavy atom. The van der Waals surface area contributed by atoms with E-state index in [4.69, 9.17) is 10.5 Å². The second-order valence-corrected chi connectivity index (χ2v) is 5.18. The molecule has 1 amide bonds. The monoisotopic (exact) mass is 308 g/mol. The molecule has 0 aliphatic rings. The van der Waals surface area contributed by atoms with Crippen LogP contribution < -0.4 is 4.90 Å². The first-order valence-corrected chi connectivity index (χ1v) is 7.08. The molecule has 0 saturated carbocycles. The molecular formula is C16H16N6O. The number of nitriles is 2. The summed E-state index contributed by atoms with van der Waals surface area (Å²) in [5, 5.41) is 21.4. The molecule has 0 N–H and O–H groups in total. The second kappa shape index (κ2) is 7.19. The number of benzene rings is 1. The van der Waals surface area contributed by atoms with Gasteiger partial charge in [0.2, 0.25) is 5.91 Å². The van der Waals surface area contributed by atoms with Gasteiger partial charge in [-0.3, -0.25) is 4.79 Å². The van der Waals surface area contributed by atoms with Gasteiger partial charge in [0.25, 0.3) is 5.82 Å². The topological polar surface area (TPSA) is 98.6 Å². The normalized spacial score (nSPS) is 9.91. The third kappa shape index (κ3) is 4.14. The van der Waals surface area contributed by atoms with E-state index in [1.54, 1.807) is 4.90 Å². The minimum Gasteiger partial charge on any atom is -0.310 e. The van der Waals surface area contributed by atoms with Crippen LogP contribution in [0.3, 0.4) is 0 Å². The van der Waals surface area contributed by atoms with Gasteiger partial charge < -0.3 is 4.90 Å². The molecule has 0 aliphatic heterocycles. The van der Waals surface area contributed by atoms with Crippen LogP contribution in [0.25, 0.3) is 0 Å². The van der Waals surface area contributed by atoms with Crippen LogP contribution in [0, 0.1) is 36.5 Å². The molecule has 0 unspecified atom stereocenters. The lowest BCUT2D eigenvalue weighted by Gasteiger charge is -2.22. The van der Waals surface area contributed by atoms with Crippen LogP contribution in [0.1, 0.15) is 23.4 Å². The summed E-state index contributed by atoms with van der Waals surface area (Å²) in [4.78, 5) is 17.9. The predicted octanol–water partition coefficient (Wildman–Crippen LogP) is 1.71. The Balaban J connectivity index is 2.25. The third-order valence-electron chi connectivity index (χ3n) is 3.20. The largest absolute Gasteiger partial charge is 0.310 e. The first-order chi connectivity index (χ1) is 11.0. The SMILES string of the molecule is Cc1cc(C)cc(N(CCC#N)C(=O)Cn2cnc(C#N)n2)c1. The van der Waals surface area contributed by atoms with Gasteiger partial charge in [0.15, 0.2) is 0 Å². The van der Waals surface area contributed by atoms with Gasteiger partial charge >= 0.3 is 0 Å². The van der Waals surface area contributed by atoms with Gasteiger partial charge in [0.05, 0.1) is 12.5 Å². The van der Waals surface area contributed by atoms with Gasteiger partial charge in [0, 0.05) is 12.2 Å². The van der Waals surface area contributed by atoms with Gasteiger partial charge in [-0.25, -0.2) is 9.67 Å². The average Bonchev–Trinajstić information content (AvgIpc) is 2.94. The molecule has 0 atom stereocenters. The molecule has 0 radical (unpaired) electrons. The van der Waals surface area contributed by atoms with Crippen molar-refractivity contribution in [2.24, 2.45) is 0 Å². The fourth-order valence-corrected chi connectivity index (χ4v) is 2.31. The lowest BCUT2D eigenvalue weighted by atomic mass is 10.1. The highest BCUT2D eigenvalue weighted by Crippen LogP contribution is 2.19. The zero-order chi connectivity index (χ0) is 16.8. The first kappa shape index (κ1) is 16.2. The highest BCUT2D eigenvalue weighted by molar-refractivity contribution is 5.93. The Hall–Kier alpha value is -3.19. The maximum Gasteiger partial charge on any atom is 0.252 e. The molecule has 0 saturated heterocycles. The maximum atomic E-state index is 12.6. The van der Waals surface area contributed by atoms with E-state index in [1.165, 1.54) is 11.0 Å². The van der Waals surface area contributed by atoms with Gasteiger partial charge in [-0.15, -0.1) is 5.10 Å². The van der Waals surface area contributed by atoms with Crippen LogP contribution in [-0.4, -0.2) is 27.2 Å². The Bertz CT molecular complexity index is 775. The summed E-state index contributed by atoms with van der Waals surface area (Å²) < 4.78 is 1.32. The summed E-state index contributed by atoms with van der Waals surface area (Å²) in [6.07, 6.45) is 1.58. The molecule has 7 heteroatoms. The van der Waals surface area contributed by atoms with Crippen LogP contribution in [0.4, 0.5) is 5.69 Å². The van der Waals surface area contributed by atoms with E-state index in [0.717, 1.165) is 16.8 Å². The Morgan fingerprint density at radius 2 is 1.96 bits per heavy atom. The minimum atomic E-state index is -0.209. The molecule has 2 aromatic rings.